The molecule has 0 saturated carbocycles. The minimum atomic E-state index is -3.92. The Kier molecular flexibility index (Phi) is 14.1. The summed E-state index contributed by atoms with van der Waals surface area (Å²) >= 11 is 0. The van der Waals surface area contributed by atoms with E-state index in [4.69, 9.17) is 4.55 Å². The third-order valence-corrected chi connectivity index (χ3v) is 2.75. The van der Waals surface area contributed by atoms with Crippen molar-refractivity contribution in [3.05, 3.63) is 0 Å². The van der Waals surface area contributed by atoms with Gasteiger partial charge in [0.2, 0.25) is 0 Å². The third kappa shape index (κ3) is 31.3. The first-order valence-electron chi connectivity index (χ1n) is 4.01. The Hall–Kier alpha value is 0.820. The van der Waals surface area contributed by atoms with Crippen molar-refractivity contribution in [3.8, 4) is 0 Å². The summed E-state index contributed by atoms with van der Waals surface area (Å²) in [7, 11) is -7.60. The van der Waals surface area contributed by atoms with Crippen LogP contribution in [0, 0.1) is 0 Å². The van der Waals surface area contributed by atoms with E-state index in [-0.39, 0.29) is 41.1 Å². The predicted octanol–water partition coefficient (Wildman–Crippen LogP) is -2.77. The quantitative estimate of drug-likeness (QED) is 0.437. The van der Waals surface area contributed by atoms with Crippen molar-refractivity contribution < 1.29 is 55.5 Å². The van der Waals surface area contributed by atoms with Gasteiger partial charge in [0.1, 0.15) is 0 Å². The first-order valence-corrected chi connectivity index (χ1v) is 7.19. The summed E-state index contributed by atoms with van der Waals surface area (Å²) in [6.07, 6.45) is 0.880. The Morgan fingerprint density at radius 3 is 1.33 bits per heavy atom. The zero-order valence-electron chi connectivity index (χ0n) is 9.13. The van der Waals surface area contributed by atoms with Gasteiger partial charge in [-0.25, -0.2) is 8.42 Å². The maximum absolute atomic E-state index is 9.79. The van der Waals surface area contributed by atoms with Crippen molar-refractivity contribution in [2.45, 2.75) is 26.7 Å². The van der Waals surface area contributed by atoms with Gasteiger partial charge in [-0.3, -0.25) is 4.55 Å². The Bertz CT molecular complexity index is 286. The summed E-state index contributed by atoms with van der Waals surface area (Å²) in [5.41, 5.74) is 0. The van der Waals surface area contributed by atoms with Crippen LogP contribution < -0.4 is 29.6 Å². The van der Waals surface area contributed by atoms with Gasteiger partial charge in [0, 0.05) is 5.75 Å². The predicted molar refractivity (Wildman–Crippen MR) is 51.6 cm³/mol. The molecule has 0 aromatic rings. The van der Waals surface area contributed by atoms with Crippen LogP contribution in [0.4, 0.5) is 0 Å². The Morgan fingerprint density at radius 1 is 1.00 bits per heavy atom. The van der Waals surface area contributed by atoms with Crippen LogP contribution >= 0.6 is 0 Å². The molecule has 15 heavy (non-hydrogen) atoms. The van der Waals surface area contributed by atoms with E-state index in [1.165, 1.54) is 0 Å². The van der Waals surface area contributed by atoms with Gasteiger partial charge in [-0.05, 0) is 12.8 Å². The standard InChI is InChI=1S/2C3H8O3S.Na/c2*1-2-3-7(4,5)6;/h2*2-3H2,1H3,(H,4,5,6);/q;;+1/p-1. The van der Waals surface area contributed by atoms with Crippen molar-refractivity contribution >= 4 is 20.2 Å². The second-order valence-corrected chi connectivity index (χ2v) is 5.64. The molecule has 0 spiro atoms. The number of rotatable bonds is 4. The topological polar surface area (TPSA) is 112 Å². The summed E-state index contributed by atoms with van der Waals surface area (Å²) in [5.74, 6) is -0.375. The van der Waals surface area contributed by atoms with Crippen LogP contribution in [0.1, 0.15) is 26.7 Å². The third-order valence-electron chi connectivity index (χ3n) is 0.916. The molecule has 0 bridgehead atoms. The molecule has 9 heteroatoms. The van der Waals surface area contributed by atoms with E-state index in [1.807, 2.05) is 0 Å². The molecule has 0 aromatic carbocycles. The summed E-state index contributed by atoms with van der Waals surface area (Å²) in [4.78, 5) is 0. The van der Waals surface area contributed by atoms with Crippen molar-refractivity contribution in [1.82, 2.24) is 0 Å². The van der Waals surface area contributed by atoms with Crippen molar-refractivity contribution in [3.63, 3.8) is 0 Å². The second kappa shape index (κ2) is 10.0. The van der Waals surface area contributed by atoms with E-state index in [1.54, 1.807) is 13.8 Å². The molecule has 0 rings (SSSR count). The zero-order valence-corrected chi connectivity index (χ0v) is 12.8. The van der Waals surface area contributed by atoms with E-state index in [9.17, 15) is 21.4 Å². The molecule has 0 heterocycles. The van der Waals surface area contributed by atoms with Crippen LogP contribution in [0.5, 0.6) is 0 Å². The molecule has 0 radical (unpaired) electrons. The van der Waals surface area contributed by atoms with Gasteiger partial charge < -0.3 is 4.55 Å². The minimum absolute atomic E-state index is 0. The molecule has 88 valence electrons. The molecule has 0 amide bonds. The smallest absolute Gasteiger partial charge is 0.748 e. The van der Waals surface area contributed by atoms with Gasteiger partial charge in [0.15, 0.2) is 0 Å². The second-order valence-electron chi connectivity index (χ2n) is 2.55. The molecule has 0 aliphatic rings. The monoisotopic (exact) mass is 270 g/mol. The fourth-order valence-electron chi connectivity index (χ4n) is 0.508. The molecule has 0 aliphatic heterocycles. The molecular formula is C6H15NaO6S2. The van der Waals surface area contributed by atoms with Gasteiger partial charge >= 0.3 is 29.6 Å². The maximum atomic E-state index is 9.79. The average molecular weight is 270 g/mol. The Morgan fingerprint density at radius 2 is 1.33 bits per heavy atom. The van der Waals surface area contributed by atoms with Crippen LogP contribution in [-0.2, 0) is 20.2 Å². The average Bonchev–Trinajstić information content (AvgIpc) is 1.81. The Labute approximate surface area is 113 Å². The summed E-state index contributed by atoms with van der Waals surface area (Å²) < 4.78 is 56.6. The van der Waals surface area contributed by atoms with E-state index in [2.05, 4.69) is 0 Å². The van der Waals surface area contributed by atoms with Gasteiger partial charge in [-0.1, -0.05) is 13.8 Å². The molecular weight excluding hydrogens is 255 g/mol. The zero-order chi connectivity index (χ0) is 11.8. The minimum Gasteiger partial charge on any atom is -0.748 e. The number of hydrogen-bond donors (Lipinski definition) is 1. The normalized spacial score (nSPS) is 10.9. The SMILES string of the molecule is CCCS(=O)(=O)O.CCCS(=O)(=O)[O-].[Na+]. The van der Waals surface area contributed by atoms with Gasteiger partial charge in [-0.15, -0.1) is 0 Å². The first-order chi connectivity index (χ1) is 6.12. The molecule has 0 aromatic heterocycles. The van der Waals surface area contributed by atoms with Crippen LogP contribution in [0.15, 0.2) is 0 Å². The van der Waals surface area contributed by atoms with E-state index >= 15 is 0 Å². The molecule has 0 aliphatic carbocycles. The van der Waals surface area contributed by atoms with E-state index in [0.717, 1.165) is 0 Å². The fourth-order valence-corrected chi connectivity index (χ4v) is 1.52. The van der Waals surface area contributed by atoms with Crippen molar-refractivity contribution in [1.29, 1.82) is 0 Å². The molecule has 0 saturated heterocycles. The fraction of sp³-hybridized carbons (Fsp3) is 1.00. The molecule has 0 fully saturated rings. The van der Waals surface area contributed by atoms with Crippen molar-refractivity contribution in [2.24, 2.45) is 0 Å². The summed E-state index contributed by atoms with van der Waals surface area (Å²) in [6.45, 7) is 3.34. The van der Waals surface area contributed by atoms with Gasteiger partial charge in [-0.2, -0.15) is 8.42 Å². The van der Waals surface area contributed by atoms with Gasteiger partial charge in [0.25, 0.3) is 10.1 Å². The van der Waals surface area contributed by atoms with E-state index in [0.29, 0.717) is 12.8 Å². The Balaban J connectivity index is -0.000000180. The van der Waals surface area contributed by atoms with Gasteiger partial charge in [0.05, 0.1) is 15.9 Å². The maximum Gasteiger partial charge on any atom is 1.00 e. The first kappa shape index (κ1) is 21.1. The largest absolute Gasteiger partial charge is 1.00 e. The molecule has 0 unspecified atom stereocenters. The number of hydrogen-bond acceptors (Lipinski definition) is 5. The van der Waals surface area contributed by atoms with Crippen LogP contribution in [0.2, 0.25) is 0 Å². The molecule has 0 atom stereocenters. The summed E-state index contributed by atoms with van der Waals surface area (Å²) in [6, 6.07) is 0. The summed E-state index contributed by atoms with van der Waals surface area (Å²) in [5, 5.41) is 0. The van der Waals surface area contributed by atoms with E-state index < -0.39 is 20.2 Å². The van der Waals surface area contributed by atoms with Crippen LogP contribution in [0.3, 0.4) is 0 Å². The van der Waals surface area contributed by atoms with Crippen molar-refractivity contribution in [2.75, 3.05) is 11.5 Å². The van der Waals surface area contributed by atoms with Crippen LogP contribution in [-0.4, -0.2) is 37.4 Å². The van der Waals surface area contributed by atoms with Crippen LogP contribution in [0.25, 0.3) is 0 Å². The molecule has 1 N–H and O–H groups in total. The molecule has 6 nitrogen and oxygen atoms in total.